The first-order chi connectivity index (χ1) is 5.68. The summed E-state index contributed by atoms with van der Waals surface area (Å²) in [6, 6.07) is 2.88. The van der Waals surface area contributed by atoms with Gasteiger partial charge in [-0.1, -0.05) is 0 Å². The molecule has 3 N–H and O–H groups in total. The molecule has 1 aromatic heterocycles. The van der Waals surface area contributed by atoms with Crippen LogP contribution in [0.5, 0.6) is 0 Å². The van der Waals surface area contributed by atoms with Crippen LogP contribution in [0.1, 0.15) is 0 Å². The highest BCUT2D eigenvalue weighted by atomic mass is 16.4. The van der Waals surface area contributed by atoms with Crippen molar-refractivity contribution in [1.82, 2.24) is 4.98 Å². The molecule has 0 saturated heterocycles. The number of nitrogens with one attached hydrogen (secondary N) is 2. The summed E-state index contributed by atoms with van der Waals surface area (Å²) in [6.45, 7) is -0.191. The van der Waals surface area contributed by atoms with E-state index in [1.165, 1.54) is 12.3 Å². The molecule has 12 heavy (non-hydrogen) atoms. The predicted molar refractivity (Wildman–Crippen MR) is 43.2 cm³/mol. The predicted octanol–water partition coefficient (Wildman–Crippen LogP) is -0.129. The van der Waals surface area contributed by atoms with Crippen molar-refractivity contribution in [2.45, 2.75) is 0 Å². The Morgan fingerprint density at radius 3 is 3.00 bits per heavy atom. The van der Waals surface area contributed by atoms with Gasteiger partial charge in [-0.2, -0.15) is 0 Å². The molecule has 0 spiro atoms. The van der Waals surface area contributed by atoms with Crippen molar-refractivity contribution >= 4 is 11.7 Å². The molecule has 0 saturated carbocycles. The molecular weight excluding hydrogens is 160 g/mol. The standard InChI is InChI=1S/C7H8N2O3/c10-6-3-5(1-2-8-6)9-4-7(11)12/h1-3H,4H2,(H,11,12)(H2,8,9,10). The number of rotatable bonds is 3. The summed E-state index contributed by atoms with van der Waals surface area (Å²) in [4.78, 5) is 23.2. The second-order valence-electron chi connectivity index (χ2n) is 2.19. The lowest BCUT2D eigenvalue weighted by Crippen LogP contribution is -2.14. The summed E-state index contributed by atoms with van der Waals surface area (Å²) in [5.41, 5.74) is 0.242. The first-order valence-electron chi connectivity index (χ1n) is 3.33. The van der Waals surface area contributed by atoms with E-state index < -0.39 is 5.97 Å². The highest BCUT2D eigenvalue weighted by Gasteiger charge is 1.96. The summed E-state index contributed by atoms with van der Waals surface area (Å²) in [7, 11) is 0. The molecule has 0 aliphatic rings. The van der Waals surface area contributed by atoms with Gasteiger partial charge in [0, 0.05) is 18.0 Å². The van der Waals surface area contributed by atoms with E-state index in [9.17, 15) is 9.59 Å². The Morgan fingerprint density at radius 1 is 1.67 bits per heavy atom. The third-order valence-corrected chi connectivity index (χ3v) is 1.22. The average molecular weight is 168 g/mol. The number of carboxylic acids is 1. The van der Waals surface area contributed by atoms with Crippen LogP contribution in [0.4, 0.5) is 5.69 Å². The van der Waals surface area contributed by atoms with Gasteiger partial charge in [0.2, 0.25) is 5.56 Å². The van der Waals surface area contributed by atoms with Gasteiger partial charge in [-0.25, -0.2) is 0 Å². The van der Waals surface area contributed by atoms with E-state index in [1.54, 1.807) is 6.07 Å². The van der Waals surface area contributed by atoms with Gasteiger partial charge in [0.1, 0.15) is 6.54 Å². The molecule has 0 aliphatic carbocycles. The second kappa shape index (κ2) is 3.56. The maximum absolute atomic E-state index is 10.7. The zero-order chi connectivity index (χ0) is 8.97. The van der Waals surface area contributed by atoms with E-state index >= 15 is 0 Å². The number of hydrogen-bond donors (Lipinski definition) is 3. The monoisotopic (exact) mass is 168 g/mol. The van der Waals surface area contributed by atoms with Crippen molar-refractivity contribution in [3.63, 3.8) is 0 Å². The average Bonchev–Trinajstić information content (AvgIpc) is 2.01. The van der Waals surface area contributed by atoms with Crippen molar-refractivity contribution < 1.29 is 9.90 Å². The number of H-pyrrole nitrogens is 1. The zero-order valence-corrected chi connectivity index (χ0v) is 6.20. The van der Waals surface area contributed by atoms with E-state index in [0.717, 1.165) is 0 Å². The third-order valence-electron chi connectivity index (χ3n) is 1.22. The number of anilines is 1. The normalized spacial score (nSPS) is 9.33. The maximum atomic E-state index is 10.7. The minimum absolute atomic E-state index is 0.191. The Kier molecular flexibility index (Phi) is 2.47. The first kappa shape index (κ1) is 8.32. The van der Waals surface area contributed by atoms with Gasteiger partial charge in [0.15, 0.2) is 0 Å². The topological polar surface area (TPSA) is 82.2 Å². The summed E-state index contributed by atoms with van der Waals surface area (Å²) < 4.78 is 0. The first-order valence-corrected chi connectivity index (χ1v) is 3.33. The maximum Gasteiger partial charge on any atom is 0.322 e. The largest absolute Gasteiger partial charge is 0.480 e. The SMILES string of the molecule is O=C(O)CNc1cc[nH]c(=O)c1. The number of carbonyl (C=O) groups is 1. The molecule has 0 atom stereocenters. The quantitative estimate of drug-likeness (QED) is 0.587. The minimum atomic E-state index is -0.963. The summed E-state index contributed by atoms with van der Waals surface area (Å²) in [5.74, 6) is -0.963. The molecule has 5 nitrogen and oxygen atoms in total. The summed E-state index contributed by atoms with van der Waals surface area (Å²) in [5, 5.41) is 10.9. The Labute approximate surface area is 68.0 Å². The highest BCUT2D eigenvalue weighted by molar-refractivity contribution is 5.72. The van der Waals surface area contributed by atoms with Crippen LogP contribution in [-0.4, -0.2) is 22.6 Å². The molecule has 0 amide bonds. The third kappa shape index (κ3) is 2.45. The zero-order valence-electron chi connectivity index (χ0n) is 6.20. The van der Waals surface area contributed by atoms with Crippen LogP contribution in [-0.2, 0) is 4.79 Å². The van der Waals surface area contributed by atoms with Gasteiger partial charge in [0.25, 0.3) is 0 Å². The van der Waals surface area contributed by atoms with Gasteiger partial charge in [-0.15, -0.1) is 0 Å². The number of hydrogen-bond acceptors (Lipinski definition) is 3. The molecule has 0 fully saturated rings. The van der Waals surface area contributed by atoms with Gasteiger partial charge in [-0.05, 0) is 6.07 Å². The van der Waals surface area contributed by atoms with Crippen LogP contribution in [0.15, 0.2) is 23.1 Å². The van der Waals surface area contributed by atoms with Crippen molar-refractivity contribution in [1.29, 1.82) is 0 Å². The van der Waals surface area contributed by atoms with Crippen LogP contribution < -0.4 is 10.9 Å². The van der Waals surface area contributed by atoms with E-state index in [1.807, 2.05) is 0 Å². The van der Waals surface area contributed by atoms with Gasteiger partial charge in [-0.3, -0.25) is 9.59 Å². The van der Waals surface area contributed by atoms with Gasteiger partial charge < -0.3 is 15.4 Å². The highest BCUT2D eigenvalue weighted by Crippen LogP contribution is 1.98. The lowest BCUT2D eigenvalue weighted by atomic mass is 10.4. The number of pyridine rings is 1. The second-order valence-corrected chi connectivity index (χ2v) is 2.19. The fourth-order valence-corrected chi connectivity index (χ4v) is 0.732. The number of carboxylic acid groups (broad SMARTS) is 1. The van der Waals surface area contributed by atoms with Crippen LogP contribution in [0.25, 0.3) is 0 Å². The van der Waals surface area contributed by atoms with E-state index in [-0.39, 0.29) is 12.1 Å². The summed E-state index contributed by atoms with van der Waals surface area (Å²) in [6.07, 6.45) is 1.45. The Hall–Kier alpha value is -1.78. The van der Waals surface area contributed by atoms with Crippen LogP contribution in [0, 0.1) is 0 Å². The Balaban J connectivity index is 2.64. The Morgan fingerprint density at radius 2 is 2.42 bits per heavy atom. The minimum Gasteiger partial charge on any atom is -0.480 e. The van der Waals surface area contributed by atoms with Crippen molar-refractivity contribution in [3.8, 4) is 0 Å². The van der Waals surface area contributed by atoms with Crippen molar-refractivity contribution in [3.05, 3.63) is 28.7 Å². The fraction of sp³-hybridized carbons (Fsp3) is 0.143. The summed E-state index contributed by atoms with van der Waals surface area (Å²) >= 11 is 0. The molecule has 1 aromatic rings. The van der Waals surface area contributed by atoms with E-state index in [0.29, 0.717) is 5.69 Å². The lowest BCUT2D eigenvalue weighted by molar-refractivity contribution is -0.134. The molecule has 0 unspecified atom stereocenters. The lowest BCUT2D eigenvalue weighted by Gasteiger charge is -2.00. The van der Waals surface area contributed by atoms with Crippen molar-refractivity contribution in [2.75, 3.05) is 11.9 Å². The molecule has 0 aliphatic heterocycles. The van der Waals surface area contributed by atoms with E-state index in [4.69, 9.17) is 5.11 Å². The Bertz CT molecular complexity index is 331. The fourth-order valence-electron chi connectivity index (χ4n) is 0.732. The number of aromatic amines is 1. The smallest absolute Gasteiger partial charge is 0.322 e. The van der Waals surface area contributed by atoms with Crippen LogP contribution >= 0.6 is 0 Å². The molecule has 0 aromatic carbocycles. The van der Waals surface area contributed by atoms with Gasteiger partial charge in [0.05, 0.1) is 0 Å². The molecular formula is C7H8N2O3. The van der Waals surface area contributed by atoms with Gasteiger partial charge >= 0.3 is 5.97 Å². The molecule has 0 radical (unpaired) electrons. The van der Waals surface area contributed by atoms with Crippen LogP contribution in [0.2, 0.25) is 0 Å². The van der Waals surface area contributed by atoms with Crippen LogP contribution in [0.3, 0.4) is 0 Å². The molecule has 64 valence electrons. The molecule has 1 rings (SSSR count). The number of aromatic nitrogens is 1. The molecule has 5 heteroatoms. The van der Waals surface area contributed by atoms with E-state index in [2.05, 4.69) is 10.3 Å². The molecule has 0 bridgehead atoms. The number of aliphatic carboxylic acids is 1. The molecule has 1 heterocycles. The van der Waals surface area contributed by atoms with Crippen molar-refractivity contribution in [2.24, 2.45) is 0 Å².